The van der Waals surface area contributed by atoms with Crippen molar-refractivity contribution in [1.82, 2.24) is 25.9 Å². The maximum Gasteiger partial charge on any atom is 0.333 e. The van der Waals surface area contributed by atoms with E-state index in [1.54, 1.807) is 12.1 Å². The largest absolute Gasteiger partial charge is 0.504 e. The zero-order valence-electron chi connectivity index (χ0n) is 16.9. The summed E-state index contributed by atoms with van der Waals surface area (Å²) in [5.41, 5.74) is 7.14. The molecule has 4 N–H and O–H groups in total. The Hall–Kier alpha value is -4.01. The lowest BCUT2D eigenvalue weighted by molar-refractivity contribution is 0.0928. The molecule has 0 spiro atoms. The van der Waals surface area contributed by atoms with Crippen molar-refractivity contribution < 1.29 is 14.7 Å². The smallest absolute Gasteiger partial charge is 0.333 e. The van der Waals surface area contributed by atoms with E-state index in [1.807, 2.05) is 42.5 Å². The first kappa shape index (κ1) is 20.3. The minimum Gasteiger partial charge on any atom is -0.504 e. The molecule has 4 rings (SSSR count). The van der Waals surface area contributed by atoms with Gasteiger partial charge in [0.05, 0.1) is 11.9 Å². The first-order valence-corrected chi connectivity index (χ1v) is 10.1. The molecule has 9 nitrogen and oxygen atoms in total. The van der Waals surface area contributed by atoms with Crippen molar-refractivity contribution in [1.29, 1.82) is 0 Å². The molecule has 3 aromatic rings. The van der Waals surface area contributed by atoms with Crippen LogP contribution in [0.2, 0.25) is 0 Å². The fraction of sp³-hybridized carbons (Fsp3) is 0.227. The van der Waals surface area contributed by atoms with Crippen LogP contribution in [-0.2, 0) is 6.54 Å². The Kier molecular flexibility index (Phi) is 6.02. The van der Waals surface area contributed by atoms with E-state index in [0.29, 0.717) is 12.2 Å². The summed E-state index contributed by atoms with van der Waals surface area (Å²) in [6, 6.07) is 16.5. The quantitative estimate of drug-likeness (QED) is 0.474. The van der Waals surface area contributed by atoms with Gasteiger partial charge in [-0.25, -0.2) is 14.9 Å². The highest BCUT2D eigenvalue weighted by Crippen LogP contribution is 2.20. The van der Waals surface area contributed by atoms with Gasteiger partial charge in [-0.15, -0.1) is 0 Å². The molecule has 0 unspecified atom stereocenters. The summed E-state index contributed by atoms with van der Waals surface area (Å²) >= 11 is 0. The summed E-state index contributed by atoms with van der Waals surface area (Å²) in [6.07, 6.45) is 3.77. The number of amides is 3. The SMILES string of the molecule is O=C(NCc1ccc(N2CCCC2)cc1)NNC(=O)c1nn(-c2ccccc2)cc1O. The van der Waals surface area contributed by atoms with Gasteiger partial charge < -0.3 is 15.3 Å². The summed E-state index contributed by atoms with van der Waals surface area (Å²) in [7, 11) is 0. The summed E-state index contributed by atoms with van der Waals surface area (Å²) < 4.78 is 1.39. The highest BCUT2D eigenvalue weighted by atomic mass is 16.3. The number of urea groups is 1. The molecule has 2 heterocycles. The molecule has 3 amide bonds. The summed E-state index contributed by atoms with van der Waals surface area (Å²) in [5.74, 6) is -1.01. The van der Waals surface area contributed by atoms with Crippen LogP contribution in [0.4, 0.5) is 10.5 Å². The van der Waals surface area contributed by atoms with Crippen LogP contribution in [0, 0.1) is 0 Å². The average molecular weight is 420 g/mol. The maximum absolute atomic E-state index is 12.3. The van der Waals surface area contributed by atoms with Gasteiger partial charge in [0.15, 0.2) is 11.4 Å². The fourth-order valence-corrected chi connectivity index (χ4v) is 3.44. The molecule has 160 valence electrons. The molecule has 31 heavy (non-hydrogen) atoms. The van der Waals surface area contributed by atoms with Crippen LogP contribution in [0.25, 0.3) is 5.69 Å². The highest BCUT2D eigenvalue weighted by molar-refractivity contribution is 5.95. The van der Waals surface area contributed by atoms with Crippen molar-refractivity contribution in [2.45, 2.75) is 19.4 Å². The number of hydrogen-bond acceptors (Lipinski definition) is 5. The molecule has 1 saturated heterocycles. The van der Waals surface area contributed by atoms with E-state index in [9.17, 15) is 14.7 Å². The molecule has 1 aliphatic heterocycles. The van der Waals surface area contributed by atoms with Crippen molar-refractivity contribution >= 4 is 17.6 Å². The summed E-state index contributed by atoms with van der Waals surface area (Å²) in [6.45, 7) is 2.48. The number of carbonyl (C=O) groups excluding carboxylic acids is 2. The monoisotopic (exact) mass is 420 g/mol. The number of para-hydroxylation sites is 1. The number of benzene rings is 2. The average Bonchev–Trinajstić information content (AvgIpc) is 3.47. The number of hydrogen-bond donors (Lipinski definition) is 4. The second kappa shape index (κ2) is 9.21. The second-order valence-corrected chi connectivity index (χ2v) is 7.27. The van der Waals surface area contributed by atoms with Crippen LogP contribution in [-0.4, -0.2) is 39.9 Å². The van der Waals surface area contributed by atoms with Gasteiger partial charge in [0, 0.05) is 25.3 Å². The predicted octanol–water partition coefficient (Wildman–Crippen LogP) is 2.32. The Bertz CT molecular complexity index is 1040. The first-order valence-electron chi connectivity index (χ1n) is 10.1. The second-order valence-electron chi connectivity index (χ2n) is 7.27. The van der Waals surface area contributed by atoms with E-state index >= 15 is 0 Å². The zero-order valence-corrected chi connectivity index (χ0v) is 16.9. The standard InChI is InChI=1S/C22H24N6O3/c29-19-15-28(18-6-2-1-3-7-18)26-20(19)21(30)24-25-22(31)23-14-16-8-10-17(11-9-16)27-12-4-5-13-27/h1-3,6-11,15,29H,4-5,12-14H2,(H,24,30)(H2,23,25,31). The number of rotatable bonds is 5. The molecule has 9 heteroatoms. The van der Waals surface area contributed by atoms with Gasteiger partial charge in [0.2, 0.25) is 0 Å². The van der Waals surface area contributed by atoms with E-state index in [4.69, 9.17) is 0 Å². The molecule has 1 aromatic heterocycles. The van der Waals surface area contributed by atoms with Crippen LogP contribution in [0.3, 0.4) is 0 Å². The lowest BCUT2D eigenvalue weighted by Crippen LogP contribution is -2.46. The van der Waals surface area contributed by atoms with Gasteiger partial charge in [-0.3, -0.25) is 10.2 Å². The molecule has 0 radical (unpaired) electrons. The van der Waals surface area contributed by atoms with Gasteiger partial charge in [-0.2, -0.15) is 5.10 Å². The number of hydrazine groups is 1. The Labute approximate surface area is 179 Å². The van der Waals surface area contributed by atoms with E-state index in [-0.39, 0.29) is 11.4 Å². The van der Waals surface area contributed by atoms with Crippen molar-refractivity contribution in [2.24, 2.45) is 0 Å². The molecule has 0 bridgehead atoms. The van der Waals surface area contributed by atoms with E-state index < -0.39 is 11.9 Å². The van der Waals surface area contributed by atoms with Gasteiger partial charge in [-0.1, -0.05) is 30.3 Å². The lowest BCUT2D eigenvalue weighted by atomic mass is 10.2. The van der Waals surface area contributed by atoms with Crippen molar-refractivity contribution in [3.05, 3.63) is 72.1 Å². The van der Waals surface area contributed by atoms with Gasteiger partial charge in [0.25, 0.3) is 5.91 Å². The minimum absolute atomic E-state index is 0.193. The van der Waals surface area contributed by atoms with E-state index in [0.717, 1.165) is 18.7 Å². The molecule has 0 atom stereocenters. The van der Waals surface area contributed by atoms with Crippen molar-refractivity contribution in [3.63, 3.8) is 0 Å². The molecule has 1 fully saturated rings. The van der Waals surface area contributed by atoms with Crippen LogP contribution < -0.4 is 21.1 Å². The Morgan fingerprint density at radius 1 is 0.935 bits per heavy atom. The fourth-order valence-electron chi connectivity index (χ4n) is 3.44. The number of aromatic nitrogens is 2. The minimum atomic E-state index is -0.725. The topological polar surface area (TPSA) is 112 Å². The third-order valence-corrected chi connectivity index (χ3v) is 5.08. The van der Waals surface area contributed by atoms with Gasteiger partial charge >= 0.3 is 6.03 Å². The number of nitrogens with zero attached hydrogens (tertiary/aromatic N) is 3. The van der Waals surface area contributed by atoms with E-state index in [2.05, 4.69) is 26.2 Å². The Morgan fingerprint density at radius 2 is 1.65 bits per heavy atom. The molecular formula is C22H24N6O3. The number of nitrogens with one attached hydrogen (secondary N) is 3. The molecule has 0 aliphatic carbocycles. The molecule has 0 saturated carbocycles. The molecule has 2 aromatic carbocycles. The van der Waals surface area contributed by atoms with E-state index in [1.165, 1.54) is 29.4 Å². The van der Waals surface area contributed by atoms with Crippen molar-refractivity contribution in [3.8, 4) is 11.4 Å². The van der Waals surface area contributed by atoms with Crippen LogP contribution in [0.5, 0.6) is 5.75 Å². The maximum atomic E-state index is 12.3. The first-order chi connectivity index (χ1) is 15.1. The predicted molar refractivity (Wildman–Crippen MR) is 116 cm³/mol. The van der Waals surface area contributed by atoms with Gasteiger partial charge in [-0.05, 0) is 42.7 Å². The third-order valence-electron chi connectivity index (χ3n) is 5.08. The Morgan fingerprint density at radius 3 is 2.35 bits per heavy atom. The third kappa shape index (κ3) is 4.95. The van der Waals surface area contributed by atoms with Crippen molar-refractivity contribution in [2.75, 3.05) is 18.0 Å². The normalized spacial score (nSPS) is 13.1. The zero-order chi connectivity index (χ0) is 21.6. The lowest BCUT2D eigenvalue weighted by Gasteiger charge is -2.17. The van der Waals surface area contributed by atoms with Gasteiger partial charge in [0.1, 0.15) is 0 Å². The number of aromatic hydroxyl groups is 1. The summed E-state index contributed by atoms with van der Waals surface area (Å²) in [5, 5.41) is 16.8. The van der Waals surface area contributed by atoms with Crippen LogP contribution in [0.15, 0.2) is 60.8 Å². The number of carbonyl (C=O) groups is 2. The number of anilines is 1. The summed E-state index contributed by atoms with van der Waals surface area (Å²) in [4.78, 5) is 26.6. The Balaban J connectivity index is 1.26. The highest BCUT2D eigenvalue weighted by Gasteiger charge is 2.17. The van der Waals surface area contributed by atoms with Crippen LogP contribution in [0.1, 0.15) is 28.9 Å². The molecule has 1 aliphatic rings. The van der Waals surface area contributed by atoms with Crippen LogP contribution >= 0.6 is 0 Å². The molecular weight excluding hydrogens is 396 g/mol.